The molecule has 1 atom stereocenters. The van der Waals surface area contributed by atoms with Crippen LogP contribution in [0.15, 0.2) is 77.0 Å². The van der Waals surface area contributed by atoms with Crippen LogP contribution in [0.3, 0.4) is 0 Å². The van der Waals surface area contributed by atoms with Gasteiger partial charge in [0.15, 0.2) is 0 Å². The summed E-state index contributed by atoms with van der Waals surface area (Å²) in [4.78, 5) is 19.5. The largest absolute Gasteiger partial charge is 0.334 e. The van der Waals surface area contributed by atoms with Gasteiger partial charge in [0.05, 0.1) is 17.3 Å². The van der Waals surface area contributed by atoms with E-state index in [2.05, 4.69) is 15.5 Å². The molecule has 1 aliphatic heterocycles. The van der Waals surface area contributed by atoms with E-state index in [-0.39, 0.29) is 17.7 Å². The van der Waals surface area contributed by atoms with Crippen LogP contribution in [0.5, 0.6) is 0 Å². The average molecular weight is 489 g/mol. The van der Waals surface area contributed by atoms with Crippen LogP contribution in [0.4, 0.5) is 14.9 Å². The van der Waals surface area contributed by atoms with E-state index >= 15 is 0 Å². The SMILES string of the molecule is CC1=C(c2nc(-c3cccc(F)c3)no2)C(c2cccc(Cl)c2)NC(=O)N1c1ccc(C)c(C)c1. The second kappa shape index (κ2) is 9.00. The van der Waals surface area contributed by atoms with Crippen molar-refractivity contribution in [2.24, 2.45) is 0 Å². The molecule has 0 fully saturated rings. The minimum atomic E-state index is -0.579. The lowest BCUT2D eigenvalue weighted by Crippen LogP contribution is -2.46. The highest BCUT2D eigenvalue weighted by Crippen LogP contribution is 2.39. The number of nitrogens with one attached hydrogen (secondary N) is 1. The van der Waals surface area contributed by atoms with E-state index in [1.165, 1.54) is 12.1 Å². The number of anilines is 1. The van der Waals surface area contributed by atoms with Crippen molar-refractivity contribution in [3.8, 4) is 11.4 Å². The number of halogens is 2. The van der Waals surface area contributed by atoms with E-state index < -0.39 is 11.9 Å². The third-order valence-corrected chi connectivity index (χ3v) is 6.39. The Bertz CT molecular complexity index is 1480. The number of urea groups is 1. The van der Waals surface area contributed by atoms with Gasteiger partial charge in [-0.05, 0) is 73.9 Å². The Morgan fingerprint density at radius 3 is 2.54 bits per heavy atom. The van der Waals surface area contributed by atoms with Crippen LogP contribution in [-0.4, -0.2) is 16.2 Å². The van der Waals surface area contributed by atoms with Crippen LogP contribution in [-0.2, 0) is 0 Å². The molecule has 0 aliphatic carbocycles. The molecule has 1 N–H and O–H groups in total. The van der Waals surface area contributed by atoms with Crippen LogP contribution in [0.2, 0.25) is 5.02 Å². The second-order valence-corrected chi connectivity index (χ2v) is 8.91. The third kappa shape index (κ3) is 4.31. The molecule has 0 radical (unpaired) electrons. The topological polar surface area (TPSA) is 71.3 Å². The lowest BCUT2D eigenvalue weighted by atomic mass is 9.94. The number of allylic oxidation sites excluding steroid dienone is 1. The van der Waals surface area contributed by atoms with Gasteiger partial charge in [0.1, 0.15) is 5.82 Å². The summed E-state index contributed by atoms with van der Waals surface area (Å²) in [5.41, 5.74) is 5.43. The lowest BCUT2D eigenvalue weighted by molar-refractivity contribution is 0.244. The standard InChI is InChI=1S/C27H22ClFN4O2/c1-15-10-11-22(12-16(15)2)33-17(3)23(24(30-27(33)34)18-6-4-8-20(28)13-18)26-31-25(32-35-26)19-7-5-9-21(29)14-19/h4-14,24H,1-3H3,(H,30,34). The van der Waals surface area contributed by atoms with Crippen molar-refractivity contribution in [3.05, 3.63) is 106 Å². The first-order chi connectivity index (χ1) is 16.8. The molecule has 5 rings (SSSR count). The van der Waals surface area contributed by atoms with Crippen LogP contribution in [0, 0.1) is 19.7 Å². The molecule has 6 nitrogen and oxygen atoms in total. The number of carbonyl (C=O) groups is 1. The van der Waals surface area contributed by atoms with Gasteiger partial charge in [-0.1, -0.05) is 47.1 Å². The molecule has 8 heteroatoms. The predicted octanol–water partition coefficient (Wildman–Crippen LogP) is 6.85. The van der Waals surface area contributed by atoms with E-state index in [4.69, 9.17) is 16.1 Å². The fourth-order valence-corrected chi connectivity index (χ4v) is 4.41. The molecular weight excluding hydrogens is 467 g/mol. The van der Waals surface area contributed by atoms with Gasteiger partial charge >= 0.3 is 6.03 Å². The molecule has 0 spiro atoms. The van der Waals surface area contributed by atoms with Crippen LogP contribution < -0.4 is 10.2 Å². The first-order valence-electron chi connectivity index (χ1n) is 11.1. The molecule has 0 bridgehead atoms. The van der Waals surface area contributed by atoms with E-state index in [9.17, 15) is 9.18 Å². The van der Waals surface area contributed by atoms with Gasteiger partial charge < -0.3 is 9.84 Å². The molecule has 2 amide bonds. The van der Waals surface area contributed by atoms with Crippen LogP contribution >= 0.6 is 11.6 Å². The van der Waals surface area contributed by atoms with Crippen molar-refractivity contribution in [3.63, 3.8) is 0 Å². The molecule has 176 valence electrons. The van der Waals surface area contributed by atoms with Crippen molar-refractivity contribution in [2.45, 2.75) is 26.8 Å². The van der Waals surface area contributed by atoms with E-state index in [0.29, 0.717) is 21.9 Å². The maximum Gasteiger partial charge on any atom is 0.326 e. The fraction of sp³-hybridized carbons (Fsp3) is 0.148. The summed E-state index contributed by atoms with van der Waals surface area (Å²) in [6.45, 7) is 5.86. The first kappa shape index (κ1) is 22.8. The number of amides is 2. The van der Waals surface area contributed by atoms with E-state index in [1.807, 2.05) is 51.1 Å². The molecule has 2 heterocycles. The molecule has 1 aromatic heterocycles. The number of benzene rings is 3. The molecule has 1 aliphatic rings. The Balaban J connectivity index is 1.67. The molecule has 35 heavy (non-hydrogen) atoms. The molecule has 4 aromatic rings. The number of hydrogen-bond acceptors (Lipinski definition) is 4. The summed E-state index contributed by atoms with van der Waals surface area (Å²) in [6, 6.07) is 18.2. The van der Waals surface area contributed by atoms with Crippen LogP contribution in [0.25, 0.3) is 17.0 Å². The van der Waals surface area contributed by atoms with E-state index in [1.54, 1.807) is 29.2 Å². The summed E-state index contributed by atoms with van der Waals surface area (Å²) >= 11 is 6.26. The monoisotopic (exact) mass is 488 g/mol. The van der Waals surface area contributed by atoms with Crippen molar-refractivity contribution in [2.75, 3.05) is 4.90 Å². The lowest BCUT2D eigenvalue weighted by Gasteiger charge is -2.35. The molecule has 3 aromatic carbocycles. The minimum absolute atomic E-state index is 0.223. The van der Waals surface area contributed by atoms with Crippen LogP contribution in [0.1, 0.15) is 35.5 Å². The normalized spacial score (nSPS) is 16.0. The molecule has 0 saturated carbocycles. The van der Waals surface area contributed by atoms with Gasteiger partial charge in [-0.25, -0.2) is 9.18 Å². The van der Waals surface area contributed by atoms with Gasteiger partial charge in [0.25, 0.3) is 5.89 Å². The summed E-state index contributed by atoms with van der Waals surface area (Å²) < 4.78 is 19.4. The highest BCUT2D eigenvalue weighted by atomic mass is 35.5. The predicted molar refractivity (Wildman–Crippen MR) is 133 cm³/mol. The number of carbonyl (C=O) groups excluding carboxylic acids is 1. The maximum atomic E-state index is 13.8. The Kier molecular flexibility index (Phi) is 5.86. The first-order valence-corrected chi connectivity index (χ1v) is 11.4. The molecular formula is C27H22ClFN4O2. The highest BCUT2D eigenvalue weighted by molar-refractivity contribution is 6.30. The second-order valence-electron chi connectivity index (χ2n) is 8.47. The Morgan fingerprint density at radius 2 is 1.80 bits per heavy atom. The van der Waals surface area contributed by atoms with Gasteiger partial charge in [-0.2, -0.15) is 4.98 Å². The summed E-state index contributed by atoms with van der Waals surface area (Å²) in [5, 5.41) is 7.68. The number of nitrogens with zero attached hydrogens (tertiary/aromatic N) is 3. The number of aryl methyl sites for hydroxylation is 2. The highest BCUT2D eigenvalue weighted by Gasteiger charge is 2.36. The summed E-state index contributed by atoms with van der Waals surface area (Å²) in [7, 11) is 0. The number of aromatic nitrogens is 2. The minimum Gasteiger partial charge on any atom is -0.334 e. The third-order valence-electron chi connectivity index (χ3n) is 6.15. The fourth-order valence-electron chi connectivity index (χ4n) is 4.21. The van der Waals surface area contributed by atoms with Gasteiger partial charge in [-0.3, -0.25) is 4.90 Å². The van der Waals surface area contributed by atoms with Crippen molar-refractivity contribution in [1.29, 1.82) is 0 Å². The zero-order chi connectivity index (χ0) is 24.7. The van der Waals surface area contributed by atoms with Gasteiger partial charge in [0, 0.05) is 16.3 Å². The molecule has 0 saturated heterocycles. The zero-order valence-corrected chi connectivity index (χ0v) is 20.1. The summed E-state index contributed by atoms with van der Waals surface area (Å²) in [5.74, 6) is 0.0757. The van der Waals surface area contributed by atoms with Crippen molar-refractivity contribution < 1.29 is 13.7 Å². The Hall–Kier alpha value is -3.97. The Morgan fingerprint density at radius 1 is 1.00 bits per heavy atom. The maximum absolute atomic E-state index is 13.8. The van der Waals surface area contributed by atoms with E-state index in [0.717, 1.165) is 22.4 Å². The zero-order valence-electron chi connectivity index (χ0n) is 19.3. The number of hydrogen-bond donors (Lipinski definition) is 1. The van der Waals surface area contributed by atoms with Gasteiger partial charge in [-0.15, -0.1) is 0 Å². The Labute approximate surface area is 207 Å². The molecule has 1 unspecified atom stereocenters. The van der Waals surface area contributed by atoms with Gasteiger partial charge in [0.2, 0.25) is 5.82 Å². The van der Waals surface area contributed by atoms with Crippen molar-refractivity contribution in [1.82, 2.24) is 15.5 Å². The average Bonchev–Trinajstić information content (AvgIpc) is 3.31. The number of rotatable bonds is 4. The van der Waals surface area contributed by atoms with Crippen molar-refractivity contribution >= 4 is 28.9 Å². The quantitative estimate of drug-likeness (QED) is 0.341. The summed E-state index contributed by atoms with van der Waals surface area (Å²) in [6.07, 6.45) is 0. The smallest absolute Gasteiger partial charge is 0.326 e.